The molecule has 0 bridgehead atoms. The molecule has 4 rings (SSSR count). The van der Waals surface area contributed by atoms with Crippen LogP contribution in [0.2, 0.25) is 0 Å². The highest BCUT2D eigenvalue weighted by atomic mass is 16.2. The van der Waals surface area contributed by atoms with E-state index < -0.39 is 5.54 Å². The van der Waals surface area contributed by atoms with E-state index in [-0.39, 0.29) is 17.2 Å². The minimum atomic E-state index is -0.741. The molecule has 0 aliphatic carbocycles. The number of carbonyl (C=O) groups is 2. The summed E-state index contributed by atoms with van der Waals surface area (Å²) in [6, 6.07) is 3.63. The van der Waals surface area contributed by atoms with Crippen LogP contribution >= 0.6 is 0 Å². The van der Waals surface area contributed by atoms with E-state index in [9.17, 15) is 9.59 Å². The molecule has 4 heterocycles. The zero-order chi connectivity index (χ0) is 20.3. The lowest BCUT2D eigenvalue weighted by molar-refractivity contribution is -0.125. The van der Waals surface area contributed by atoms with Gasteiger partial charge in [0, 0.05) is 30.3 Å². The first-order valence-corrected chi connectivity index (χ1v) is 9.64. The number of aromatic nitrogens is 3. The number of fused-ring (bicyclic) bond motifs is 1. The van der Waals surface area contributed by atoms with Gasteiger partial charge in [0.05, 0.1) is 5.69 Å². The lowest BCUT2D eigenvalue weighted by Crippen LogP contribution is -2.50. The van der Waals surface area contributed by atoms with E-state index in [0.717, 1.165) is 17.2 Å². The van der Waals surface area contributed by atoms with Crippen molar-refractivity contribution >= 4 is 23.3 Å². The normalized spacial score (nSPS) is 19.2. The van der Waals surface area contributed by atoms with Crippen LogP contribution in [0.3, 0.4) is 0 Å². The van der Waals surface area contributed by atoms with Crippen LogP contribution in [0.1, 0.15) is 55.5 Å². The number of aliphatic imine (C=N–C) groups is 1. The van der Waals surface area contributed by atoms with Crippen molar-refractivity contribution in [1.82, 2.24) is 24.8 Å². The molecule has 28 heavy (non-hydrogen) atoms. The van der Waals surface area contributed by atoms with Crippen molar-refractivity contribution in [2.24, 2.45) is 10.4 Å². The molecule has 148 valence electrons. The van der Waals surface area contributed by atoms with Gasteiger partial charge in [0.1, 0.15) is 17.1 Å². The average molecular weight is 382 g/mol. The Labute approximate surface area is 164 Å². The molecule has 1 fully saturated rings. The zero-order valence-corrected chi connectivity index (χ0v) is 17.0. The van der Waals surface area contributed by atoms with Crippen LogP contribution in [-0.4, -0.2) is 55.8 Å². The molecule has 2 aromatic heterocycles. The summed E-state index contributed by atoms with van der Waals surface area (Å²) in [5.74, 6) is 0.573. The standard InChI is InChI=1S/C20H26N6O2/c1-12-10-15-21-14(11-13(2)26(15)24-12)16(27)25-8-6-20(7-9-25)18(28)22-17(23-20)19(3,4)5/h10-11H,6-9H2,1-5H3,(H,22,23,28). The number of carbonyl (C=O) groups excluding carboxylic acids is 2. The third-order valence-electron chi connectivity index (χ3n) is 5.52. The number of hydrogen-bond donors (Lipinski definition) is 1. The molecule has 0 aromatic carbocycles. The van der Waals surface area contributed by atoms with E-state index in [0.29, 0.717) is 37.3 Å². The third kappa shape index (κ3) is 2.96. The van der Waals surface area contributed by atoms with Gasteiger partial charge in [0.25, 0.3) is 11.8 Å². The maximum atomic E-state index is 13.0. The molecule has 1 spiro atoms. The maximum Gasteiger partial charge on any atom is 0.272 e. The van der Waals surface area contributed by atoms with Crippen LogP contribution in [-0.2, 0) is 4.79 Å². The highest BCUT2D eigenvalue weighted by molar-refractivity contribution is 6.10. The second-order valence-corrected chi connectivity index (χ2v) is 8.83. The van der Waals surface area contributed by atoms with Gasteiger partial charge in [-0.25, -0.2) is 9.50 Å². The first kappa shape index (κ1) is 18.6. The van der Waals surface area contributed by atoms with Crippen molar-refractivity contribution in [3.8, 4) is 0 Å². The van der Waals surface area contributed by atoms with Gasteiger partial charge in [0.15, 0.2) is 5.65 Å². The summed E-state index contributed by atoms with van der Waals surface area (Å²) in [6.45, 7) is 10.9. The maximum absolute atomic E-state index is 13.0. The van der Waals surface area contributed by atoms with E-state index in [1.807, 2.05) is 40.7 Å². The first-order chi connectivity index (χ1) is 13.1. The van der Waals surface area contributed by atoms with Gasteiger partial charge in [-0.3, -0.25) is 14.6 Å². The first-order valence-electron chi connectivity index (χ1n) is 9.64. The second-order valence-electron chi connectivity index (χ2n) is 8.83. The van der Waals surface area contributed by atoms with Gasteiger partial charge in [-0.1, -0.05) is 20.8 Å². The SMILES string of the molecule is Cc1cc2nc(C(=O)N3CCC4(CC3)N=C(C(C)(C)C)NC4=O)cc(C)n2n1. The molecular weight excluding hydrogens is 356 g/mol. The van der Waals surface area contributed by atoms with Crippen LogP contribution in [0.15, 0.2) is 17.1 Å². The summed E-state index contributed by atoms with van der Waals surface area (Å²) in [5.41, 5.74) is 1.87. The third-order valence-corrected chi connectivity index (χ3v) is 5.52. The van der Waals surface area contributed by atoms with Crippen LogP contribution in [0.25, 0.3) is 5.65 Å². The molecule has 8 heteroatoms. The fraction of sp³-hybridized carbons (Fsp3) is 0.550. The van der Waals surface area contributed by atoms with Gasteiger partial charge in [0.2, 0.25) is 0 Å². The largest absolute Gasteiger partial charge is 0.337 e. The number of rotatable bonds is 1. The Morgan fingerprint density at radius 2 is 1.86 bits per heavy atom. The fourth-order valence-corrected chi connectivity index (χ4v) is 3.80. The summed E-state index contributed by atoms with van der Waals surface area (Å²) in [6.07, 6.45) is 1.05. The monoisotopic (exact) mass is 382 g/mol. The number of nitrogens with zero attached hydrogens (tertiary/aromatic N) is 5. The van der Waals surface area contributed by atoms with Crippen molar-refractivity contribution < 1.29 is 9.59 Å². The Morgan fingerprint density at radius 1 is 1.18 bits per heavy atom. The second kappa shape index (κ2) is 6.12. The predicted molar refractivity (Wildman–Crippen MR) is 105 cm³/mol. The number of likely N-dealkylation sites (tertiary alicyclic amines) is 1. The highest BCUT2D eigenvalue weighted by Crippen LogP contribution is 2.33. The fourth-order valence-electron chi connectivity index (χ4n) is 3.80. The summed E-state index contributed by atoms with van der Waals surface area (Å²) in [5, 5.41) is 7.32. The number of piperidine rings is 1. The summed E-state index contributed by atoms with van der Waals surface area (Å²) in [4.78, 5) is 36.6. The Hall–Kier alpha value is -2.77. The molecule has 1 saturated heterocycles. The Morgan fingerprint density at radius 3 is 2.46 bits per heavy atom. The molecular formula is C20H26N6O2. The van der Waals surface area contributed by atoms with Gasteiger partial charge in [-0.05, 0) is 32.8 Å². The minimum Gasteiger partial charge on any atom is -0.337 e. The van der Waals surface area contributed by atoms with Gasteiger partial charge < -0.3 is 10.2 Å². The Kier molecular flexibility index (Phi) is 4.06. The molecule has 2 aliphatic heterocycles. The zero-order valence-electron chi connectivity index (χ0n) is 17.0. The van der Waals surface area contributed by atoms with Gasteiger partial charge in [-0.2, -0.15) is 5.10 Å². The van der Waals surface area contributed by atoms with Crippen LogP contribution in [0.5, 0.6) is 0 Å². The number of nitrogens with one attached hydrogen (secondary N) is 1. The Bertz CT molecular complexity index is 1010. The molecule has 0 saturated carbocycles. The molecule has 2 aliphatic rings. The average Bonchev–Trinajstić information content (AvgIpc) is 3.15. The number of hydrogen-bond acceptors (Lipinski definition) is 5. The Balaban J connectivity index is 1.53. The van der Waals surface area contributed by atoms with E-state index in [1.54, 1.807) is 15.5 Å². The van der Waals surface area contributed by atoms with Gasteiger partial charge >= 0.3 is 0 Å². The predicted octanol–water partition coefficient (Wildman–Crippen LogP) is 1.90. The van der Waals surface area contributed by atoms with Crippen LogP contribution < -0.4 is 5.32 Å². The van der Waals surface area contributed by atoms with E-state index >= 15 is 0 Å². The lowest BCUT2D eigenvalue weighted by Gasteiger charge is -2.35. The molecule has 0 atom stereocenters. The number of amides is 2. The molecule has 2 aromatic rings. The van der Waals surface area contributed by atoms with E-state index in [2.05, 4.69) is 15.4 Å². The minimum absolute atomic E-state index is 0.0466. The van der Waals surface area contributed by atoms with E-state index in [1.165, 1.54) is 0 Å². The van der Waals surface area contributed by atoms with Gasteiger partial charge in [-0.15, -0.1) is 0 Å². The number of aryl methyl sites for hydroxylation is 2. The molecule has 8 nitrogen and oxygen atoms in total. The van der Waals surface area contributed by atoms with Crippen molar-refractivity contribution in [3.05, 3.63) is 29.2 Å². The van der Waals surface area contributed by atoms with Crippen molar-refractivity contribution in [3.63, 3.8) is 0 Å². The quantitative estimate of drug-likeness (QED) is 0.815. The lowest BCUT2D eigenvalue weighted by atomic mass is 9.88. The van der Waals surface area contributed by atoms with Crippen molar-refractivity contribution in [2.75, 3.05) is 13.1 Å². The topological polar surface area (TPSA) is 92.0 Å². The number of amidine groups is 1. The van der Waals surface area contributed by atoms with Crippen LogP contribution in [0.4, 0.5) is 0 Å². The van der Waals surface area contributed by atoms with Crippen LogP contribution in [0, 0.1) is 19.3 Å². The highest BCUT2D eigenvalue weighted by Gasteiger charge is 2.48. The summed E-state index contributed by atoms with van der Waals surface area (Å²) in [7, 11) is 0. The summed E-state index contributed by atoms with van der Waals surface area (Å²) >= 11 is 0. The van der Waals surface area contributed by atoms with E-state index in [4.69, 9.17) is 4.99 Å². The molecule has 0 unspecified atom stereocenters. The smallest absolute Gasteiger partial charge is 0.272 e. The summed E-state index contributed by atoms with van der Waals surface area (Å²) < 4.78 is 1.74. The van der Waals surface area contributed by atoms with Crippen molar-refractivity contribution in [1.29, 1.82) is 0 Å². The molecule has 0 radical (unpaired) electrons. The molecule has 1 N–H and O–H groups in total. The molecule has 2 amide bonds. The van der Waals surface area contributed by atoms with Crippen molar-refractivity contribution in [2.45, 2.75) is 53.0 Å².